The van der Waals surface area contributed by atoms with E-state index in [9.17, 15) is 4.79 Å². The molecule has 0 aromatic rings. The lowest BCUT2D eigenvalue weighted by Gasteiger charge is -2.26. The Hall–Kier alpha value is -0.610. The summed E-state index contributed by atoms with van der Waals surface area (Å²) < 4.78 is 5.55. The van der Waals surface area contributed by atoms with Crippen molar-refractivity contribution >= 4 is 5.97 Å². The zero-order valence-corrected chi connectivity index (χ0v) is 8.61. The molecule has 1 rings (SSSR count). The molecule has 3 N–H and O–H groups in total. The van der Waals surface area contributed by atoms with Gasteiger partial charge in [0.1, 0.15) is 0 Å². The number of rotatable bonds is 4. The van der Waals surface area contributed by atoms with E-state index < -0.39 is 5.97 Å². The number of ether oxygens (including phenoxy) is 1. The Bertz CT molecular complexity index is 186. The van der Waals surface area contributed by atoms with Gasteiger partial charge in [0.05, 0.1) is 18.6 Å². The minimum atomic E-state index is -0.671. The average molecular weight is 201 g/mol. The SMILES string of the molecule is CC(N)COC1CCC(C(=O)O)CC1. The van der Waals surface area contributed by atoms with Crippen molar-refractivity contribution in [1.29, 1.82) is 0 Å². The largest absolute Gasteiger partial charge is 0.481 e. The molecule has 0 bridgehead atoms. The first-order valence-electron chi connectivity index (χ1n) is 5.19. The third-order valence-corrected chi connectivity index (χ3v) is 2.62. The molecule has 0 aliphatic heterocycles. The fourth-order valence-electron chi connectivity index (χ4n) is 1.76. The van der Waals surface area contributed by atoms with Crippen LogP contribution in [0.4, 0.5) is 0 Å². The van der Waals surface area contributed by atoms with Crippen LogP contribution in [0.2, 0.25) is 0 Å². The fourth-order valence-corrected chi connectivity index (χ4v) is 1.76. The van der Waals surface area contributed by atoms with Crippen molar-refractivity contribution in [3.63, 3.8) is 0 Å². The zero-order chi connectivity index (χ0) is 10.6. The van der Waals surface area contributed by atoms with E-state index in [0.717, 1.165) is 25.7 Å². The average Bonchev–Trinajstić information content (AvgIpc) is 2.15. The van der Waals surface area contributed by atoms with Crippen molar-refractivity contribution < 1.29 is 14.6 Å². The van der Waals surface area contributed by atoms with Gasteiger partial charge in [-0.25, -0.2) is 0 Å². The molecular formula is C10H19NO3. The summed E-state index contributed by atoms with van der Waals surface area (Å²) in [6.07, 6.45) is 3.39. The third kappa shape index (κ3) is 3.64. The molecule has 14 heavy (non-hydrogen) atoms. The smallest absolute Gasteiger partial charge is 0.306 e. The lowest BCUT2D eigenvalue weighted by Crippen LogP contribution is -2.30. The van der Waals surface area contributed by atoms with E-state index in [4.69, 9.17) is 15.6 Å². The maximum absolute atomic E-state index is 10.7. The summed E-state index contributed by atoms with van der Waals surface area (Å²) in [6.45, 7) is 2.48. The Morgan fingerprint density at radius 2 is 2.07 bits per heavy atom. The summed E-state index contributed by atoms with van der Waals surface area (Å²) in [7, 11) is 0. The molecule has 1 fully saturated rings. The summed E-state index contributed by atoms with van der Waals surface area (Å²) in [6, 6.07) is 0.0622. The molecule has 0 spiro atoms. The first-order valence-corrected chi connectivity index (χ1v) is 5.19. The first kappa shape index (κ1) is 11.5. The van der Waals surface area contributed by atoms with Crippen LogP contribution in [0.25, 0.3) is 0 Å². The van der Waals surface area contributed by atoms with E-state index in [0.29, 0.717) is 6.61 Å². The second kappa shape index (κ2) is 5.32. The minimum absolute atomic E-state index is 0.0622. The summed E-state index contributed by atoms with van der Waals surface area (Å²) in [5.41, 5.74) is 5.57. The van der Waals surface area contributed by atoms with E-state index in [1.165, 1.54) is 0 Å². The number of hydrogen-bond donors (Lipinski definition) is 2. The van der Waals surface area contributed by atoms with Crippen molar-refractivity contribution in [1.82, 2.24) is 0 Å². The van der Waals surface area contributed by atoms with Crippen LogP contribution >= 0.6 is 0 Å². The van der Waals surface area contributed by atoms with Crippen LogP contribution in [-0.4, -0.2) is 29.8 Å². The Kier molecular flexibility index (Phi) is 4.35. The Balaban J connectivity index is 2.19. The highest BCUT2D eigenvalue weighted by Crippen LogP contribution is 2.26. The van der Waals surface area contributed by atoms with Gasteiger partial charge in [-0.2, -0.15) is 0 Å². The summed E-state index contributed by atoms with van der Waals surface area (Å²) in [5, 5.41) is 8.78. The van der Waals surface area contributed by atoms with Crippen molar-refractivity contribution in [2.45, 2.75) is 44.8 Å². The second-order valence-corrected chi connectivity index (χ2v) is 4.12. The molecule has 1 unspecified atom stereocenters. The van der Waals surface area contributed by atoms with Crippen LogP contribution < -0.4 is 5.73 Å². The molecule has 1 atom stereocenters. The molecule has 0 heterocycles. The molecule has 0 radical (unpaired) electrons. The van der Waals surface area contributed by atoms with Gasteiger partial charge < -0.3 is 15.6 Å². The lowest BCUT2D eigenvalue weighted by atomic mass is 9.87. The van der Waals surface area contributed by atoms with Crippen molar-refractivity contribution in [2.24, 2.45) is 11.7 Å². The molecule has 0 aromatic heterocycles. The van der Waals surface area contributed by atoms with Gasteiger partial charge in [-0.3, -0.25) is 4.79 Å². The fraction of sp³-hybridized carbons (Fsp3) is 0.900. The van der Waals surface area contributed by atoms with Crippen LogP contribution in [0.1, 0.15) is 32.6 Å². The van der Waals surface area contributed by atoms with E-state index in [2.05, 4.69) is 0 Å². The highest BCUT2D eigenvalue weighted by Gasteiger charge is 2.26. The molecule has 0 saturated heterocycles. The standard InChI is InChI=1S/C10H19NO3/c1-7(11)6-14-9-4-2-8(3-5-9)10(12)13/h7-9H,2-6,11H2,1H3,(H,12,13). The summed E-state index contributed by atoms with van der Waals surface area (Å²) in [4.78, 5) is 10.7. The molecule has 4 nitrogen and oxygen atoms in total. The molecule has 82 valence electrons. The predicted octanol–water partition coefficient (Wildman–Crippen LogP) is 0.994. The van der Waals surface area contributed by atoms with Gasteiger partial charge in [-0.1, -0.05) is 0 Å². The molecule has 1 aliphatic rings. The van der Waals surface area contributed by atoms with E-state index in [-0.39, 0.29) is 18.1 Å². The lowest BCUT2D eigenvalue weighted by molar-refractivity contribution is -0.143. The summed E-state index contributed by atoms with van der Waals surface area (Å²) >= 11 is 0. The van der Waals surface area contributed by atoms with E-state index in [1.807, 2.05) is 6.92 Å². The quantitative estimate of drug-likeness (QED) is 0.711. The molecule has 0 amide bonds. The molecular weight excluding hydrogens is 182 g/mol. The zero-order valence-electron chi connectivity index (χ0n) is 8.61. The number of carbonyl (C=O) groups is 1. The van der Waals surface area contributed by atoms with Crippen molar-refractivity contribution in [2.75, 3.05) is 6.61 Å². The number of carboxylic acids is 1. The van der Waals surface area contributed by atoms with Crippen molar-refractivity contribution in [3.8, 4) is 0 Å². The maximum Gasteiger partial charge on any atom is 0.306 e. The van der Waals surface area contributed by atoms with Gasteiger partial charge >= 0.3 is 5.97 Å². The number of hydrogen-bond acceptors (Lipinski definition) is 3. The normalized spacial score (nSPS) is 29.9. The number of aliphatic carboxylic acids is 1. The van der Waals surface area contributed by atoms with Crippen molar-refractivity contribution in [3.05, 3.63) is 0 Å². The number of nitrogens with two attached hydrogens (primary N) is 1. The van der Waals surface area contributed by atoms with Gasteiger partial charge in [-0.05, 0) is 32.6 Å². The first-order chi connectivity index (χ1) is 6.59. The Labute approximate surface area is 84.4 Å². The topological polar surface area (TPSA) is 72.5 Å². The van der Waals surface area contributed by atoms with Gasteiger partial charge in [0, 0.05) is 6.04 Å². The summed E-state index contributed by atoms with van der Waals surface area (Å²) in [5.74, 6) is -0.833. The third-order valence-electron chi connectivity index (χ3n) is 2.62. The maximum atomic E-state index is 10.7. The van der Waals surface area contributed by atoms with Gasteiger partial charge in [-0.15, -0.1) is 0 Å². The molecule has 4 heteroatoms. The number of carboxylic acid groups (broad SMARTS) is 1. The van der Waals surface area contributed by atoms with E-state index >= 15 is 0 Å². The Morgan fingerprint density at radius 3 is 2.50 bits per heavy atom. The predicted molar refractivity (Wildman–Crippen MR) is 53.0 cm³/mol. The van der Waals surface area contributed by atoms with Crippen LogP contribution in [0.5, 0.6) is 0 Å². The van der Waals surface area contributed by atoms with Crippen LogP contribution in [0.15, 0.2) is 0 Å². The van der Waals surface area contributed by atoms with Gasteiger partial charge in [0.2, 0.25) is 0 Å². The highest BCUT2D eigenvalue weighted by atomic mass is 16.5. The second-order valence-electron chi connectivity index (χ2n) is 4.12. The Morgan fingerprint density at radius 1 is 1.50 bits per heavy atom. The van der Waals surface area contributed by atoms with Gasteiger partial charge in [0.25, 0.3) is 0 Å². The monoisotopic (exact) mass is 201 g/mol. The van der Waals surface area contributed by atoms with E-state index in [1.54, 1.807) is 0 Å². The molecule has 1 aliphatic carbocycles. The minimum Gasteiger partial charge on any atom is -0.481 e. The molecule has 0 aromatic carbocycles. The molecule has 1 saturated carbocycles. The highest BCUT2D eigenvalue weighted by molar-refractivity contribution is 5.69. The van der Waals surface area contributed by atoms with Crippen LogP contribution in [0.3, 0.4) is 0 Å². The van der Waals surface area contributed by atoms with Gasteiger partial charge in [0.15, 0.2) is 0 Å². The van der Waals surface area contributed by atoms with Crippen LogP contribution in [0, 0.1) is 5.92 Å². The van der Waals surface area contributed by atoms with Crippen LogP contribution in [-0.2, 0) is 9.53 Å².